The molecule has 1 aromatic heterocycles. The van der Waals surface area contributed by atoms with Crippen LogP contribution in [0, 0.1) is 5.92 Å². The van der Waals surface area contributed by atoms with Crippen molar-refractivity contribution in [3.8, 4) is 0 Å². The number of hydrogen-bond donors (Lipinski definition) is 2. The van der Waals surface area contributed by atoms with Crippen molar-refractivity contribution < 1.29 is 13.9 Å². The zero-order valence-corrected chi connectivity index (χ0v) is 16.1. The minimum absolute atomic E-state index is 0. The van der Waals surface area contributed by atoms with Crippen LogP contribution < -0.4 is 10.6 Å². The smallest absolute Gasteiger partial charge is 0.191 e. The molecule has 0 spiro atoms. The van der Waals surface area contributed by atoms with E-state index in [1.165, 1.54) is 0 Å². The topological polar surface area (TPSA) is 68.0 Å². The molecule has 0 bridgehead atoms. The van der Waals surface area contributed by atoms with Gasteiger partial charge in [0.2, 0.25) is 0 Å². The number of aliphatic imine (C=N–C) groups is 1. The molecule has 1 saturated heterocycles. The molecule has 1 fully saturated rings. The number of halogens is 1. The highest BCUT2D eigenvalue weighted by molar-refractivity contribution is 14.0. The fourth-order valence-corrected chi connectivity index (χ4v) is 2.25. The monoisotopic (exact) mass is 437 g/mol. The maximum atomic E-state index is 5.68. The second-order valence-corrected chi connectivity index (χ2v) is 5.36. The average molecular weight is 437 g/mol. The quantitative estimate of drug-likeness (QED) is 0.269. The van der Waals surface area contributed by atoms with Crippen LogP contribution in [-0.4, -0.2) is 45.5 Å². The summed E-state index contributed by atoms with van der Waals surface area (Å²) in [6.45, 7) is 7.58. The summed E-state index contributed by atoms with van der Waals surface area (Å²) in [5.74, 6) is 2.25. The molecule has 1 unspecified atom stereocenters. The average Bonchev–Trinajstić information content (AvgIpc) is 3.21. The normalized spacial score (nSPS) is 17.8. The van der Waals surface area contributed by atoms with Gasteiger partial charge < -0.3 is 24.5 Å². The summed E-state index contributed by atoms with van der Waals surface area (Å²) in [7, 11) is 0. The molecule has 2 N–H and O–H groups in total. The second-order valence-electron chi connectivity index (χ2n) is 5.36. The van der Waals surface area contributed by atoms with Crippen LogP contribution in [0.15, 0.2) is 27.8 Å². The van der Waals surface area contributed by atoms with Crippen molar-refractivity contribution in [2.24, 2.45) is 10.9 Å². The molecule has 1 aliphatic rings. The Bertz CT molecular complexity index is 420. The Morgan fingerprint density at radius 3 is 3.04 bits per heavy atom. The van der Waals surface area contributed by atoms with Gasteiger partial charge in [-0.1, -0.05) is 0 Å². The number of furan rings is 1. The minimum atomic E-state index is 0. The zero-order valence-electron chi connectivity index (χ0n) is 13.8. The molecule has 1 atom stereocenters. The van der Waals surface area contributed by atoms with Gasteiger partial charge in [-0.05, 0) is 31.9 Å². The molecular formula is C16H28IN3O3. The molecule has 0 aromatic carbocycles. The fourth-order valence-electron chi connectivity index (χ4n) is 2.25. The Morgan fingerprint density at radius 2 is 2.35 bits per heavy atom. The van der Waals surface area contributed by atoms with Crippen LogP contribution in [0.5, 0.6) is 0 Å². The van der Waals surface area contributed by atoms with Gasteiger partial charge in [-0.25, -0.2) is 4.99 Å². The lowest BCUT2D eigenvalue weighted by Gasteiger charge is -2.12. The first-order valence-electron chi connectivity index (χ1n) is 8.08. The summed E-state index contributed by atoms with van der Waals surface area (Å²) in [4.78, 5) is 4.48. The van der Waals surface area contributed by atoms with Crippen LogP contribution in [-0.2, 0) is 16.0 Å². The van der Waals surface area contributed by atoms with E-state index in [9.17, 15) is 0 Å². The van der Waals surface area contributed by atoms with Crippen molar-refractivity contribution in [1.82, 2.24) is 10.6 Å². The van der Waals surface area contributed by atoms with Gasteiger partial charge in [0.05, 0.1) is 19.5 Å². The van der Waals surface area contributed by atoms with E-state index in [-0.39, 0.29) is 24.0 Å². The summed E-state index contributed by atoms with van der Waals surface area (Å²) in [6.07, 6.45) is 3.75. The van der Waals surface area contributed by atoms with Crippen molar-refractivity contribution in [2.75, 3.05) is 39.5 Å². The lowest BCUT2D eigenvalue weighted by Crippen LogP contribution is -2.38. The third-order valence-corrected chi connectivity index (χ3v) is 3.45. The highest BCUT2D eigenvalue weighted by atomic mass is 127. The van der Waals surface area contributed by atoms with Crippen LogP contribution in [0.25, 0.3) is 0 Å². The van der Waals surface area contributed by atoms with E-state index < -0.39 is 0 Å². The first-order valence-corrected chi connectivity index (χ1v) is 8.08. The Labute approximate surface area is 155 Å². The molecule has 132 valence electrons. The SMILES string of the molecule is CCNC(=NCc1ccco1)NCCCOCC1CCOC1.I. The van der Waals surface area contributed by atoms with Crippen molar-refractivity contribution in [3.05, 3.63) is 24.2 Å². The number of nitrogens with zero attached hydrogens (tertiary/aromatic N) is 1. The summed E-state index contributed by atoms with van der Waals surface area (Å²) >= 11 is 0. The number of rotatable bonds is 9. The van der Waals surface area contributed by atoms with Crippen molar-refractivity contribution >= 4 is 29.9 Å². The second kappa shape index (κ2) is 12.6. The number of guanidine groups is 1. The van der Waals surface area contributed by atoms with Crippen LogP contribution in [0.2, 0.25) is 0 Å². The summed E-state index contributed by atoms with van der Waals surface area (Å²) < 4.78 is 16.3. The first kappa shape index (κ1) is 20.2. The molecule has 1 aliphatic heterocycles. The third-order valence-electron chi connectivity index (χ3n) is 3.45. The highest BCUT2D eigenvalue weighted by Gasteiger charge is 2.15. The van der Waals surface area contributed by atoms with Gasteiger partial charge in [0, 0.05) is 32.2 Å². The van der Waals surface area contributed by atoms with E-state index in [1.54, 1.807) is 6.26 Å². The minimum Gasteiger partial charge on any atom is -0.467 e. The first-order chi connectivity index (χ1) is 10.9. The van der Waals surface area contributed by atoms with Crippen LogP contribution >= 0.6 is 24.0 Å². The standard InChI is InChI=1S/C16H27N3O3.HI/c1-2-17-16(19-11-15-5-3-9-22-15)18-7-4-8-20-12-14-6-10-21-13-14;/h3,5,9,14H,2,4,6-8,10-13H2,1H3,(H2,17,18,19);1H. The summed E-state index contributed by atoms with van der Waals surface area (Å²) in [5.41, 5.74) is 0. The molecule has 23 heavy (non-hydrogen) atoms. The molecule has 0 aliphatic carbocycles. The molecule has 2 heterocycles. The summed E-state index contributed by atoms with van der Waals surface area (Å²) in [6, 6.07) is 3.80. The molecule has 0 saturated carbocycles. The van der Waals surface area contributed by atoms with Crippen LogP contribution in [0.4, 0.5) is 0 Å². The molecule has 7 heteroatoms. The van der Waals surface area contributed by atoms with Gasteiger partial charge >= 0.3 is 0 Å². The molecule has 1 aromatic rings. The Kier molecular flexibility index (Phi) is 11.1. The van der Waals surface area contributed by atoms with E-state index in [4.69, 9.17) is 13.9 Å². The van der Waals surface area contributed by atoms with Gasteiger partial charge in [0.1, 0.15) is 12.3 Å². The van der Waals surface area contributed by atoms with E-state index in [0.717, 1.165) is 64.1 Å². The number of nitrogens with one attached hydrogen (secondary N) is 2. The van der Waals surface area contributed by atoms with Crippen molar-refractivity contribution in [3.63, 3.8) is 0 Å². The molecule has 6 nitrogen and oxygen atoms in total. The molecular weight excluding hydrogens is 409 g/mol. The predicted octanol–water partition coefficient (Wildman–Crippen LogP) is 2.40. The molecule has 0 amide bonds. The van der Waals surface area contributed by atoms with E-state index in [1.807, 2.05) is 12.1 Å². The Hall–Kier alpha value is -0.800. The third kappa shape index (κ3) is 8.57. The maximum absolute atomic E-state index is 5.68. The molecule has 2 rings (SSSR count). The Morgan fingerprint density at radius 1 is 1.43 bits per heavy atom. The Balaban J connectivity index is 0.00000264. The van der Waals surface area contributed by atoms with Crippen LogP contribution in [0.3, 0.4) is 0 Å². The fraction of sp³-hybridized carbons (Fsp3) is 0.688. The lowest BCUT2D eigenvalue weighted by molar-refractivity contribution is 0.0888. The van der Waals surface area contributed by atoms with Gasteiger partial charge in [-0.15, -0.1) is 24.0 Å². The number of hydrogen-bond acceptors (Lipinski definition) is 4. The van der Waals surface area contributed by atoms with E-state index in [0.29, 0.717) is 12.5 Å². The maximum Gasteiger partial charge on any atom is 0.191 e. The largest absolute Gasteiger partial charge is 0.467 e. The van der Waals surface area contributed by atoms with E-state index in [2.05, 4.69) is 22.5 Å². The van der Waals surface area contributed by atoms with Gasteiger partial charge in [0.15, 0.2) is 5.96 Å². The van der Waals surface area contributed by atoms with Crippen molar-refractivity contribution in [1.29, 1.82) is 0 Å². The predicted molar refractivity (Wildman–Crippen MR) is 101 cm³/mol. The van der Waals surface area contributed by atoms with Gasteiger partial charge in [0.25, 0.3) is 0 Å². The molecule has 0 radical (unpaired) electrons. The zero-order chi connectivity index (χ0) is 15.5. The van der Waals surface area contributed by atoms with Crippen molar-refractivity contribution in [2.45, 2.75) is 26.3 Å². The van der Waals surface area contributed by atoms with E-state index >= 15 is 0 Å². The van der Waals surface area contributed by atoms with Crippen LogP contribution in [0.1, 0.15) is 25.5 Å². The highest BCUT2D eigenvalue weighted by Crippen LogP contribution is 2.12. The lowest BCUT2D eigenvalue weighted by atomic mass is 10.1. The van der Waals surface area contributed by atoms with Gasteiger partial charge in [-0.3, -0.25) is 0 Å². The van der Waals surface area contributed by atoms with Gasteiger partial charge in [-0.2, -0.15) is 0 Å². The number of ether oxygens (including phenoxy) is 2. The summed E-state index contributed by atoms with van der Waals surface area (Å²) in [5, 5.41) is 6.52.